The molecule has 0 unspecified atom stereocenters. The van der Waals surface area contributed by atoms with Gasteiger partial charge in [-0.25, -0.2) is 0 Å². The summed E-state index contributed by atoms with van der Waals surface area (Å²) in [5.41, 5.74) is 1.61. The number of nitrogens with one attached hydrogen (secondary N) is 1. The van der Waals surface area contributed by atoms with Crippen molar-refractivity contribution in [2.45, 2.75) is 19.0 Å². The van der Waals surface area contributed by atoms with E-state index in [9.17, 15) is 18.0 Å². The highest BCUT2D eigenvalue weighted by molar-refractivity contribution is 5.94. The van der Waals surface area contributed by atoms with E-state index in [-0.39, 0.29) is 18.3 Å². The maximum absolute atomic E-state index is 12.2. The normalized spacial score (nSPS) is 13.4. The van der Waals surface area contributed by atoms with Crippen molar-refractivity contribution in [2.24, 2.45) is 0 Å². The average Bonchev–Trinajstić information content (AvgIpc) is 3.52. The van der Waals surface area contributed by atoms with E-state index in [1.54, 1.807) is 0 Å². The van der Waals surface area contributed by atoms with E-state index in [1.807, 2.05) is 24.3 Å². The molecule has 10 heteroatoms. The first-order chi connectivity index (χ1) is 15.4. The third-order valence-corrected chi connectivity index (χ3v) is 4.83. The Labute approximate surface area is 182 Å². The van der Waals surface area contributed by atoms with E-state index in [2.05, 4.69) is 24.9 Å². The molecule has 0 bridgehead atoms. The lowest BCUT2D eigenvalue weighted by Crippen LogP contribution is -2.26. The quantitative estimate of drug-likeness (QED) is 0.618. The van der Waals surface area contributed by atoms with E-state index >= 15 is 0 Å². The molecule has 32 heavy (non-hydrogen) atoms. The molecule has 1 saturated heterocycles. The second-order valence-electron chi connectivity index (χ2n) is 7.05. The van der Waals surface area contributed by atoms with E-state index in [1.165, 1.54) is 30.7 Å². The van der Waals surface area contributed by atoms with Crippen molar-refractivity contribution in [3.05, 3.63) is 66.1 Å². The number of hydrogen-bond donors (Lipinski definition) is 2. The van der Waals surface area contributed by atoms with Crippen molar-refractivity contribution >= 4 is 11.6 Å². The van der Waals surface area contributed by atoms with Gasteiger partial charge in [0.05, 0.1) is 12.2 Å². The number of alkyl halides is 3. The van der Waals surface area contributed by atoms with Gasteiger partial charge in [0.2, 0.25) is 12.2 Å². The number of amides is 1. The number of aliphatic hydroxyl groups is 1. The number of halogens is 3. The number of carbonyl (C=O) groups is 1. The third-order valence-electron chi connectivity index (χ3n) is 4.83. The van der Waals surface area contributed by atoms with E-state index in [4.69, 9.17) is 5.11 Å². The van der Waals surface area contributed by atoms with Crippen molar-refractivity contribution < 1.29 is 27.6 Å². The van der Waals surface area contributed by atoms with Gasteiger partial charge in [0.25, 0.3) is 5.91 Å². The largest absolute Gasteiger partial charge is 0.416 e. The van der Waals surface area contributed by atoms with E-state index in [0.29, 0.717) is 17.7 Å². The number of benzene rings is 2. The first kappa shape index (κ1) is 23.3. The van der Waals surface area contributed by atoms with Gasteiger partial charge in [0.1, 0.15) is 0 Å². The number of nitrogens with zero attached hydrogens (tertiary/aromatic N) is 3. The first-order valence-electron chi connectivity index (χ1n) is 10.1. The van der Waals surface area contributed by atoms with Crippen molar-refractivity contribution in [2.75, 3.05) is 31.1 Å². The van der Waals surface area contributed by atoms with Gasteiger partial charge in [-0.3, -0.25) is 4.79 Å². The first-order valence-corrected chi connectivity index (χ1v) is 10.1. The van der Waals surface area contributed by atoms with Crippen LogP contribution in [0.25, 0.3) is 11.4 Å². The Hall–Kier alpha value is -3.40. The van der Waals surface area contributed by atoms with Gasteiger partial charge in [-0.1, -0.05) is 17.3 Å². The number of aromatic nitrogens is 2. The van der Waals surface area contributed by atoms with Gasteiger partial charge < -0.3 is 19.8 Å². The summed E-state index contributed by atoms with van der Waals surface area (Å²) in [7, 11) is 0. The zero-order chi connectivity index (χ0) is 23.0. The molecule has 170 valence electrons. The molecule has 3 aromatic rings. The molecule has 1 fully saturated rings. The van der Waals surface area contributed by atoms with Crippen LogP contribution in [0.4, 0.5) is 18.9 Å². The maximum atomic E-state index is 12.2. The topological polar surface area (TPSA) is 91.5 Å². The lowest BCUT2D eigenvalue weighted by atomic mass is 10.1. The van der Waals surface area contributed by atoms with Crippen LogP contribution < -0.4 is 10.2 Å². The molecular formula is C22H23F3N4O3. The van der Waals surface area contributed by atoms with Gasteiger partial charge >= 0.3 is 6.18 Å². The molecule has 0 spiro atoms. The maximum Gasteiger partial charge on any atom is 0.416 e. The van der Waals surface area contributed by atoms with Crippen LogP contribution in [0.1, 0.15) is 28.8 Å². The monoisotopic (exact) mass is 448 g/mol. The van der Waals surface area contributed by atoms with E-state index in [0.717, 1.165) is 31.6 Å². The Balaban J connectivity index is 0.000000182. The second-order valence-corrected chi connectivity index (χ2v) is 7.05. The fraction of sp³-hybridized carbons (Fsp3) is 0.318. The smallest absolute Gasteiger partial charge is 0.395 e. The number of hydrogen-bond acceptors (Lipinski definition) is 6. The Morgan fingerprint density at radius 1 is 1.06 bits per heavy atom. The van der Waals surface area contributed by atoms with Crippen LogP contribution >= 0.6 is 0 Å². The number of anilines is 1. The standard InChI is InChI=1S/C13H18N2O2.C9H5F3N2O/c16-10-7-14-13(17)11-3-5-12(6-4-11)15-8-1-2-9-15;10-9(11,12)7-3-1-6(2-4-7)8-13-5-15-14-8/h3-6,16H,1-2,7-10H2,(H,14,17);1-5H. The highest BCUT2D eigenvalue weighted by atomic mass is 19.4. The molecule has 1 aromatic heterocycles. The number of aliphatic hydroxyl groups excluding tert-OH is 1. The zero-order valence-electron chi connectivity index (χ0n) is 17.2. The number of carbonyl (C=O) groups excluding carboxylic acids is 1. The summed E-state index contributed by atoms with van der Waals surface area (Å²) in [5.74, 6) is 0.135. The second kappa shape index (κ2) is 10.8. The average molecular weight is 448 g/mol. The minimum atomic E-state index is -4.32. The lowest BCUT2D eigenvalue weighted by molar-refractivity contribution is -0.137. The Bertz CT molecular complexity index is 969. The van der Waals surface area contributed by atoms with Crippen LogP contribution in [0, 0.1) is 0 Å². The summed E-state index contributed by atoms with van der Waals surface area (Å²) in [4.78, 5) is 17.6. The number of rotatable bonds is 5. The van der Waals surface area contributed by atoms with Crippen molar-refractivity contribution in [3.8, 4) is 11.4 Å². The van der Waals surface area contributed by atoms with Gasteiger partial charge in [-0.05, 0) is 49.2 Å². The summed E-state index contributed by atoms with van der Waals surface area (Å²) in [6, 6.07) is 12.2. The molecule has 2 heterocycles. The molecule has 4 rings (SSSR count). The highest BCUT2D eigenvalue weighted by Gasteiger charge is 2.30. The summed E-state index contributed by atoms with van der Waals surface area (Å²) in [5, 5.41) is 14.8. The predicted octanol–water partition coefficient (Wildman–Crippen LogP) is 3.76. The molecular weight excluding hydrogens is 425 g/mol. The molecule has 2 N–H and O–H groups in total. The van der Waals surface area contributed by atoms with Crippen LogP contribution in [0.15, 0.2) is 59.4 Å². The van der Waals surface area contributed by atoms with Gasteiger partial charge in [-0.15, -0.1) is 0 Å². The molecule has 0 atom stereocenters. The van der Waals surface area contributed by atoms with Crippen LogP contribution in [-0.4, -0.2) is 47.4 Å². The lowest BCUT2D eigenvalue weighted by Gasteiger charge is -2.17. The molecule has 0 radical (unpaired) electrons. The summed E-state index contributed by atoms with van der Waals surface area (Å²) in [6.45, 7) is 2.48. The molecule has 1 amide bonds. The Morgan fingerprint density at radius 3 is 2.25 bits per heavy atom. The summed E-state index contributed by atoms with van der Waals surface area (Å²) >= 11 is 0. The minimum absolute atomic E-state index is 0.0302. The zero-order valence-corrected chi connectivity index (χ0v) is 17.2. The van der Waals surface area contributed by atoms with Crippen molar-refractivity contribution in [1.29, 1.82) is 0 Å². The van der Waals surface area contributed by atoms with E-state index < -0.39 is 11.7 Å². The fourth-order valence-corrected chi connectivity index (χ4v) is 3.18. The SMILES string of the molecule is FC(F)(F)c1ccc(-c2ncon2)cc1.O=C(NCCO)c1ccc(N2CCCC2)cc1. The van der Waals surface area contributed by atoms with Crippen LogP contribution in [-0.2, 0) is 6.18 Å². The van der Waals surface area contributed by atoms with Crippen molar-refractivity contribution in [1.82, 2.24) is 15.5 Å². The van der Waals surface area contributed by atoms with Crippen molar-refractivity contribution in [3.63, 3.8) is 0 Å². The van der Waals surface area contributed by atoms with Gasteiger partial charge in [0, 0.05) is 36.4 Å². The Kier molecular flexibility index (Phi) is 7.82. The fourth-order valence-electron chi connectivity index (χ4n) is 3.18. The molecule has 0 aliphatic carbocycles. The van der Waals surface area contributed by atoms with Crippen LogP contribution in [0.5, 0.6) is 0 Å². The molecule has 1 aliphatic rings. The Morgan fingerprint density at radius 2 is 1.72 bits per heavy atom. The molecule has 2 aromatic carbocycles. The van der Waals surface area contributed by atoms with Gasteiger partial charge in [-0.2, -0.15) is 18.2 Å². The molecule has 0 saturated carbocycles. The highest BCUT2D eigenvalue weighted by Crippen LogP contribution is 2.30. The molecule has 1 aliphatic heterocycles. The third kappa shape index (κ3) is 6.30. The molecule has 7 nitrogen and oxygen atoms in total. The summed E-state index contributed by atoms with van der Waals surface area (Å²) < 4.78 is 41.1. The van der Waals surface area contributed by atoms with Crippen LogP contribution in [0.2, 0.25) is 0 Å². The van der Waals surface area contributed by atoms with Gasteiger partial charge in [0.15, 0.2) is 0 Å². The minimum Gasteiger partial charge on any atom is -0.395 e. The van der Waals surface area contributed by atoms with Crippen LogP contribution in [0.3, 0.4) is 0 Å². The predicted molar refractivity (Wildman–Crippen MR) is 112 cm³/mol. The summed E-state index contributed by atoms with van der Waals surface area (Å²) in [6.07, 6.45) is -0.708.